The third-order valence-corrected chi connectivity index (χ3v) is 4.07. The van der Waals surface area contributed by atoms with E-state index >= 15 is 0 Å². The van der Waals surface area contributed by atoms with Crippen molar-refractivity contribution in [3.8, 4) is 6.07 Å². The fourth-order valence-electron chi connectivity index (χ4n) is 2.44. The molecule has 0 atom stereocenters. The van der Waals surface area contributed by atoms with Crippen LogP contribution in [0.4, 0.5) is 17.1 Å². The predicted octanol–water partition coefficient (Wildman–Crippen LogP) is 3.99. The van der Waals surface area contributed by atoms with E-state index in [-0.39, 0.29) is 16.8 Å². The number of hydrogen-bond acceptors (Lipinski definition) is 6. The SMILES string of the molecule is CCCCOC(=O)c1ccccc1NC(=O)/C(C#N)=C\Nc1cc(C)ccc1N. The molecule has 0 radical (unpaired) electrons. The summed E-state index contributed by atoms with van der Waals surface area (Å²) in [4.78, 5) is 24.8. The molecule has 0 unspecified atom stereocenters. The lowest BCUT2D eigenvalue weighted by Crippen LogP contribution is -2.18. The molecular formula is C22H24N4O3. The molecule has 0 aliphatic heterocycles. The third kappa shape index (κ3) is 6.11. The molecule has 0 fully saturated rings. The number of carbonyl (C=O) groups is 2. The van der Waals surface area contributed by atoms with Gasteiger partial charge in [-0.15, -0.1) is 0 Å². The minimum Gasteiger partial charge on any atom is -0.462 e. The first-order chi connectivity index (χ1) is 14.0. The maximum atomic E-state index is 12.5. The molecule has 0 saturated heterocycles. The van der Waals surface area contributed by atoms with Crippen molar-refractivity contribution in [2.75, 3.05) is 23.0 Å². The highest BCUT2D eigenvalue weighted by molar-refractivity contribution is 6.09. The number of nitrogens with one attached hydrogen (secondary N) is 2. The molecule has 7 nitrogen and oxygen atoms in total. The van der Waals surface area contributed by atoms with Gasteiger partial charge in [0.05, 0.1) is 29.2 Å². The van der Waals surface area contributed by atoms with Gasteiger partial charge in [0, 0.05) is 6.20 Å². The van der Waals surface area contributed by atoms with E-state index in [2.05, 4.69) is 10.6 Å². The van der Waals surface area contributed by atoms with Crippen molar-refractivity contribution < 1.29 is 14.3 Å². The molecule has 0 aromatic heterocycles. The fourth-order valence-corrected chi connectivity index (χ4v) is 2.44. The molecule has 0 aliphatic carbocycles. The molecule has 7 heteroatoms. The van der Waals surface area contributed by atoms with Crippen LogP contribution >= 0.6 is 0 Å². The van der Waals surface area contributed by atoms with E-state index < -0.39 is 11.9 Å². The normalized spacial score (nSPS) is 10.7. The Bertz CT molecular complexity index is 961. The molecule has 29 heavy (non-hydrogen) atoms. The lowest BCUT2D eigenvalue weighted by molar-refractivity contribution is -0.112. The number of benzene rings is 2. The van der Waals surface area contributed by atoms with Crippen molar-refractivity contribution in [2.45, 2.75) is 26.7 Å². The number of anilines is 3. The number of nitrogen functional groups attached to an aromatic ring is 1. The van der Waals surface area contributed by atoms with Gasteiger partial charge in [-0.05, 0) is 43.2 Å². The molecular weight excluding hydrogens is 368 g/mol. The average molecular weight is 392 g/mol. The predicted molar refractivity (Wildman–Crippen MR) is 113 cm³/mol. The average Bonchev–Trinajstić information content (AvgIpc) is 2.71. The second kappa shape index (κ2) is 10.5. The lowest BCUT2D eigenvalue weighted by Gasteiger charge is -2.11. The third-order valence-electron chi connectivity index (χ3n) is 4.07. The van der Waals surface area contributed by atoms with Gasteiger partial charge in [-0.25, -0.2) is 4.79 Å². The highest BCUT2D eigenvalue weighted by atomic mass is 16.5. The zero-order valence-electron chi connectivity index (χ0n) is 16.5. The summed E-state index contributed by atoms with van der Waals surface area (Å²) in [5.74, 6) is -1.18. The van der Waals surface area contributed by atoms with E-state index in [0.717, 1.165) is 18.4 Å². The summed E-state index contributed by atoms with van der Waals surface area (Å²) in [5, 5.41) is 14.8. The molecule has 1 amide bonds. The highest BCUT2D eigenvalue weighted by Gasteiger charge is 2.16. The molecule has 0 spiro atoms. The zero-order chi connectivity index (χ0) is 21.2. The van der Waals surface area contributed by atoms with Crippen molar-refractivity contribution in [1.29, 1.82) is 5.26 Å². The smallest absolute Gasteiger partial charge is 0.340 e. The number of nitrogens with zero attached hydrogens (tertiary/aromatic N) is 1. The maximum absolute atomic E-state index is 12.5. The largest absolute Gasteiger partial charge is 0.462 e. The van der Waals surface area contributed by atoms with Gasteiger partial charge in [-0.1, -0.05) is 31.5 Å². The van der Waals surface area contributed by atoms with Crippen LogP contribution in [0.2, 0.25) is 0 Å². The van der Waals surface area contributed by atoms with Gasteiger partial charge in [-0.2, -0.15) is 5.26 Å². The van der Waals surface area contributed by atoms with E-state index in [1.165, 1.54) is 6.20 Å². The van der Waals surface area contributed by atoms with Gasteiger partial charge >= 0.3 is 5.97 Å². The number of nitriles is 1. The minimum absolute atomic E-state index is 0.167. The van der Waals surface area contributed by atoms with Gasteiger partial charge in [0.1, 0.15) is 11.6 Å². The molecule has 0 heterocycles. The Morgan fingerprint density at radius 2 is 1.97 bits per heavy atom. The molecule has 150 valence electrons. The van der Waals surface area contributed by atoms with E-state index in [0.29, 0.717) is 18.0 Å². The number of aryl methyl sites for hydroxylation is 1. The monoisotopic (exact) mass is 392 g/mol. The summed E-state index contributed by atoms with van der Waals surface area (Å²) in [5.41, 5.74) is 8.29. The van der Waals surface area contributed by atoms with Gasteiger partial charge in [-0.3, -0.25) is 4.79 Å². The fraction of sp³-hybridized carbons (Fsp3) is 0.227. The Morgan fingerprint density at radius 1 is 1.21 bits per heavy atom. The standard InChI is InChI=1S/C22H24N4O3/c1-3-4-11-29-22(28)17-7-5-6-8-19(17)26-21(27)16(13-23)14-25-20-12-15(2)9-10-18(20)24/h5-10,12,14,25H,3-4,11,24H2,1-2H3,(H,26,27)/b16-14-. The quantitative estimate of drug-likeness (QED) is 0.206. The van der Waals surface area contributed by atoms with Crippen LogP contribution in [0.15, 0.2) is 54.2 Å². The summed E-state index contributed by atoms with van der Waals surface area (Å²) in [6.45, 7) is 4.21. The number of ether oxygens (including phenoxy) is 1. The van der Waals surface area contributed by atoms with Crippen LogP contribution in [0.3, 0.4) is 0 Å². The Labute approximate surface area is 170 Å². The number of hydrogen-bond donors (Lipinski definition) is 3. The van der Waals surface area contributed by atoms with Crippen molar-refractivity contribution in [2.24, 2.45) is 0 Å². The summed E-state index contributed by atoms with van der Waals surface area (Å²) in [6, 6.07) is 13.7. The van der Waals surface area contributed by atoms with Crippen LogP contribution in [0.25, 0.3) is 0 Å². The second-order valence-corrected chi connectivity index (χ2v) is 6.39. The molecule has 0 aliphatic rings. The Morgan fingerprint density at radius 3 is 2.69 bits per heavy atom. The Balaban J connectivity index is 2.14. The van der Waals surface area contributed by atoms with Crippen LogP contribution in [0.1, 0.15) is 35.7 Å². The molecule has 0 saturated carbocycles. The van der Waals surface area contributed by atoms with Crippen LogP contribution in [-0.4, -0.2) is 18.5 Å². The molecule has 2 rings (SSSR count). The number of carbonyl (C=O) groups excluding carboxylic acids is 2. The lowest BCUT2D eigenvalue weighted by atomic mass is 10.1. The zero-order valence-corrected chi connectivity index (χ0v) is 16.5. The van der Waals surface area contributed by atoms with Gasteiger partial charge in [0.15, 0.2) is 0 Å². The summed E-state index contributed by atoms with van der Waals surface area (Å²) in [7, 11) is 0. The minimum atomic E-state index is -0.653. The maximum Gasteiger partial charge on any atom is 0.340 e. The highest BCUT2D eigenvalue weighted by Crippen LogP contribution is 2.21. The van der Waals surface area contributed by atoms with E-state index in [4.69, 9.17) is 10.5 Å². The van der Waals surface area contributed by atoms with Crippen molar-refractivity contribution in [3.63, 3.8) is 0 Å². The number of rotatable bonds is 8. The van der Waals surface area contributed by atoms with Crippen LogP contribution in [0.5, 0.6) is 0 Å². The van der Waals surface area contributed by atoms with Crippen molar-refractivity contribution >= 4 is 28.9 Å². The topological polar surface area (TPSA) is 117 Å². The first-order valence-electron chi connectivity index (χ1n) is 9.26. The van der Waals surface area contributed by atoms with E-state index in [9.17, 15) is 14.9 Å². The summed E-state index contributed by atoms with van der Waals surface area (Å²) in [6.07, 6.45) is 2.94. The number of para-hydroxylation sites is 1. The first kappa shape index (κ1) is 21.5. The summed E-state index contributed by atoms with van der Waals surface area (Å²) < 4.78 is 5.21. The van der Waals surface area contributed by atoms with Crippen molar-refractivity contribution in [1.82, 2.24) is 0 Å². The summed E-state index contributed by atoms with van der Waals surface area (Å²) >= 11 is 0. The van der Waals surface area contributed by atoms with E-state index in [1.54, 1.807) is 36.4 Å². The Hall–Kier alpha value is -3.79. The Kier molecular flexibility index (Phi) is 7.80. The number of nitrogens with two attached hydrogens (primary N) is 1. The van der Waals surface area contributed by atoms with Crippen molar-refractivity contribution in [3.05, 3.63) is 65.4 Å². The van der Waals surface area contributed by atoms with Crippen LogP contribution in [-0.2, 0) is 9.53 Å². The molecule has 4 N–H and O–H groups in total. The first-order valence-corrected chi connectivity index (χ1v) is 9.26. The second-order valence-electron chi connectivity index (χ2n) is 6.39. The van der Waals surface area contributed by atoms with Crippen LogP contribution in [0, 0.1) is 18.3 Å². The molecule has 2 aromatic rings. The van der Waals surface area contributed by atoms with Gasteiger partial charge in [0.25, 0.3) is 5.91 Å². The number of esters is 1. The van der Waals surface area contributed by atoms with Gasteiger partial charge in [0.2, 0.25) is 0 Å². The number of unbranched alkanes of at least 4 members (excludes halogenated alkanes) is 1. The van der Waals surface area contributed by atoms with Crippen LogP contribution < -0.4 is 16.4 Å². The van der Waals surface area contributed by atoms with Gasteiger partial charge < -0.3 is 21.1 Å². The van der Waals surface area contributed by atoms with E-state index in [1.807, 2.05) is 26.0 Å². The molecule has 0 bridgehead atoms. The number of amides is 1. The molecule has 2 aromatic carbocycles.